The standard InChI is InChI=1S/C13H16ClNO/c14-10-3-1-9(2-4-10)13(16)7-11-5-6-12(8-13)15-11/h1-4,11-12,15-16H,5-8H2/t11-,12-/m0/s1. The average Bonchev–Trinajstić information content (AvgIpc) is 2.59. The molecule has 3 heteroatoms. The van der Waals surface area contributed by atoms with Gasteiger partial charge in [0.05, 0.1) is 5.60 Å². The number of benzene rings is 1. The number of nitrogens with one attached hydrogen (secondary N) is 1. The first kappa shape index (κ1) is 10.6. The summed E-state index contributed by atoms with van der Waals surface area (Å²) >= 11 is 5.87. The van der Waals surface area contributed by atoms with E-state index in [-0.39, 0.29) is 0 Å². The van der Waals surface area contributed by atoms with E-state index in [1.807, 2.05) is 24.3 Å². The van der Waals surface area contributed by atoms with Gasteiger partial charge in [0.25, 0.3) is 0 Å². The number of hydrogen-bond acceptors (Lipinski definition) is 2. The molecule has 16 heavy (non-hydrogen) atoms. The molecule has 2 N–H and O–H groups in total. The molecule has 3 rings (SSSR count). The van der Waals surface area contributed by atoms with Crippen molar-refractivity contribution in [2.24, 2.45) is 0 Å². The molecule has 2 saturated heterocycles. The molecule has 2 atom stereocenters. The van der Waals surface area contributed by atoms with Crippen LogP contribution in [-0.4, -0.2) is 17.2 Å². The number of fused-ring (bicyclic) bond motifs is 2. The number of rotatable bonds is 1. The van der Waals surface area contributed by atoms with Crippen LogP contribution in [0.3, 0.4) is 0 Å². The van der Waals surface area contributed by atoms with Crippen molar-refractivity contribution in [3.63, 3.8) is 0 Å². The average molecular weight is 238 g/mol. The lowest BCUT2D eigenvalue weighted by Crippen LogP contribution is -2.46. The van der Waals surface area contributed by atoms with Gasteiger partial charge in [0.15, 0.2) is 0 Å². The second-order valence-corrected chi connectivity index (χ2v) is 5.52. The predicted molar refractivity (Wildman–Crippen MR) is 64.5 cm³/mol. The largest absolute Gasteiger partial charge is 0.385 e. The molecule has 2 aliphatic rings. The van der Waals surface area contributed by atoms with E-state index in [1.165, 1.54) is 12.8 Å². The number of halogens is 1. The second kappa shape index (κ2) is 3.73. The van der Waals surface area contributed by atoms with Crippen LogP contribution in [-0.2, 0) is 5.60 Å². The van der Waals surface area contributed by atoms with Crippen LogP contribution in [0.1, 0.15) is 31.2 Å². The van der Waals surface area contributed by atoms with Crippen molar-refractivity contribution in [2.75, 3.05) is 0 Å². The lowest BCUT2D eigenvalue weighted by atomic mass is 9.81. The lowest BCUT2D eigenvalue weighted by Gasteiger charge is -2.37. The van der Waals surface area contributed by atoms with Gasteiger partial charge in [-0.1, -0.05) is 23.7 Å². The fourth-order valence-electron chi connectivity index (χ4n) is 3.12. The first-order valence-electron chi connectivity index (χ1n) is 5.90. The summed E-state index contributed by atoms with van der Waals surface area (Å²) in [6, 6.07) is 8.59. The Morgan fingerprint density at radius 1 is 1.12 bits per heavy atom. The maximum absolute atomic E-state index is 10.7. The van der Waals surface area contributed by atoms with E-state index in [9.17, 15) is 5.11 Å². The van der Waals surface area contributed by atoms with Crippen molar-refractivity contribution in [2.45, 2.75) is 43.4 Å². The summed E-state index contributed by atoms with van der Waals surface area (Å²) < 4.78 is 0. The molecule has 0 aromatic heterocycles. The molecule has 86 valence electrons. The zero-order valence-electron chi connectivity index (χ0n) is 9.12. The first-order valence-corrected chi connectivity index (χ1v) is 6.28. The Kier molecular flexibility index (Phi) is 2.46. The molecule has 0 aliphatic carbocycles. The van der Waals surface area contributed by atoms with E-state index in [2.05, 4.69) is 5.32 Å². The molecule has 0 amide bonds. The van der Waals surface area contributed by atoms with Crippen LogP contribution in [0, 0.1) is 0 Å². The van der Waals surface area contributed by atoms with Crippen LogP contribution in [0.15, 0.2) is 24.3 Å². The Hall–Kier alpha value is -0.570. The minimum absolute atomic E-state index is 0.486. The molecule has 0 unspecified atom stereocenters. The highest BCUT2D eigenvalue weighted by atomic mass is 35.5. The van der Waals surface area contributed by atoms with E-state index in [4.69, 9.17) is 11.6 Å². The topological polar surface area (TPSA) is 32.3 Å². The summed E-state index contributed by atoms with van der Waals surface area (Å²) in [5.41, 5.74) is 0.358. The van der Waals surface area contributed by atoms with Gasteiger partial charge in [-0.25, -0.2) is 0 Å². The van der Waals surface area contributed by atoms with Crippen LogP contribution in [0.4, 0.5) is 0 Å². The quantitative estimate of drug-likeness (QED) is 0.787. The molecule has 2 aliphatic heterocycles. The smallest absolute Gasteiger partial charge is 0.0926 e. The second-order valence-electron chi connectivity index (χ2n) is 5.08. The van der Waals surface area contributed by atoms with Crippen molar-refractivity contribution < 1.29 is 5.11 Å². The van der Waals surface area contributed by atoms with Gasteiger partial charge < -0.3 is 10.4 Å². The Morgan fingerprint density at radius 3 is 2.25 bits per heavy atom. The number of piperidine rings is 1. The van der Waals surface area contributed by atoms with Gasteiger partial charge in [-0.05, 0) is 43.4 Å². The fraction of sp³-hybridized carbons (Fsp3) is 0.538. The van der Waals surface area contributed by atoms with E-state index < -0.39 is 5.60 Å². The first-order chi connectivity index (χ1) is 7.66. The molecule has 1 aromatic carbocycles. The zero-order chi connectivity index (χ0) is 11.2. The van der Waals surface area contributed by atoms with Crippen molar-refractivity contribution in [1.82, 2.24) is 5.32 Å². The fourth-order valence-corrected chi connectivity index (χ4v) is 3.24. The highest BCUT2D eigenvalue weighted by molar-refractivity contribution is 6.30. The molecule has 2 fully saturated rings. The maximum atomic E-state index is 10.7. The molecule has 1 aromatic rings. The molecule has 0 radical (unpaired) electrons. The van der Waals surface area contributed by atoms with E-state index in [0.29, 0.717) is 12.1 Å². The predicted octanol–water partition coefficient (Wildman–Crippen LogP) is 2.44. The Balaban J connectivity index is 1.90. The molecule has 0 saturated carbocycles. The summed E-state index contributed by atoms with van der Waals surface area (Å²) in [6.07, 6.45) is 4.04. The zero-order valence-corrected chi connectivity index (χ0v) is 9.87. The molecular weight excluding hydrogens is 222 g/mol. The third kappa shape index (κ3) is 1.75. The Labute approximate surface area is 101 Å². The number of hydrogen-bond donors (Lipinski definition) is 2. The maximum Gasteiger partial charge on any atom is 0.0926 e. The summed E-state index contributed by atoms with van der Waals surface area (Å²) in [5, 5.41) is 15.0. The third-order valence-corrected chi connectivity index (χ3v) is 4.14. The molecule has 0 spiro atoms. The highest BCUT2D eigenvalue weighted by Crippen LogP contribution is 2.40. The molecule has 2 bridgehead atoms. The van der Waals surface area contributed by atoms with Crippen molar-refractivity contribution in [3.8, 4) is 0 Å². The van der Waals surface area contributed by atoms with Crippen LogP contribution in [0.5, 0.6) is 0 Å². The summed E-state index contributed by atoms with van der Waals surface area (Å²) in [4.78, 5) is 0. The summed E-state index contributed by atoms with van der Waals surface area (Å²) in [7, 11) is 0. The van der Waals surface area contributed by atoms with Crippen molar-refractivity contribution in [1.29, 1.82) is 0 Å². The van der Waals surface area contributed by atoms with Crippen LogP contribution >= 0.6 is 11.6 Å². The van der Waals surface area contributed by atoms with Crippen molar-refractivity contribution in [3.05, 3.63) is 34.9 Å². The lowest BCUT2D eigenvalue weighted by molar-refractivity contribution is -0.0114. The third-order valence-electron chi connectivity index (χ3n) is 3.88. The molecule has 2 heterocycles. The van der Waals surface area contributed by atoms with Gasteiger partial charge in [-0.2, -0.15) is 0 Å². The summed E-state index contributed by atoms with van der Waals surface area (Å²) in [6.45, 7) is 0. The normalized spacial score (nSPS) is 37.6. The van der Waals surface area contributed by atoms with Gasteiger partial charge in [-0.15, -0.1) is 0 Å². The van der Waals surface area contributed by atoms with Crippen LogP contribution < -0.4 is 5.32 Å². The minimum atomic E-state index is -0.651. The van der Waals surface area contributed by atoms with Gasteiger partial charge in [-0.3, -0.25) is 0 Å². The van der Waals surface area contributed by atoms with Gasteiger partial charge in [0, 0.05) is 17.1 Å². The molecular formula is C13H16ClNO. The monoisotopic (exact) mass is 237 g/mol. The molecule has 2 nitrogen and oxygen atoms in total. The Bertz CT molecular complexity index is 377. The van der Waals surface area contributed by atoms with E-state index >= 15 is 0 Å². The Morgan fingerprint density at radius 2 is 1.69 bits per heavy atom. The number of aliphatic hydroxyl groups is 1. The highest BCUT2D eigenvalue weighted by Gasteiger charge is 2.43. The van der Waals surface area contributed by atoms with Crippen molar-refractivity contribution >= 4 is 11.6 Å². The minimum Gasteiger partial charge on any atom is -0.385 e. The summed E-state index contributed by atoms with van der Waals surface area (Å²) in [5.74, 6) is 0. The van der Waals surface area contributed by atoms with E-state index in [1.54, 1.807) is 0 Å². The van der Waals surface area contributed by atoms with Gasteiger partial charge >= 0.3 is 0 Å². The van der Waals surface area contributed by atoms with Crippen LogP contribution in [0.25, 0.3) is 0 Å². The SMILES string of the molecule is OC1(c2ccc(Cl)cc2)C[C@@H]2CC[C@@H](C1)N2. The van der Waals surface area contributed by atoms with Crippen LogP contribution in [0.2, 0.25) is 5.02 Å². The van der Waals surface area contributed by atoms with E-state index in [0.717, 1.165) is 23.4 Å². The van der Waals surface area contributed by atoms with Gasteiger partial charge in [0.2, 0.25) is 0 Å². The van der Waals surface area contributed by atoms with Gasteiger partial charge in [0.1, 0.15) is 0 Å².